The van der Waals surface area contributed by atoms with E-state index in [1.54, 1.807) is 25.3 Å². The summed E-state index contributed by atoms with van der Waals surface area (Å²) in [6, 6.07) is 21.5. The predicted molar refractivity (Wildman–Crippen MR) is 138 cm³/mol. The summed E-state index contributed by atoms with van der Waals surface area (Å²) in [5, 5.41) is 24.2. The lowest BCUT2D eigenvalue weighted by Crippen LogP contribution is -2.20. The van der Waals surface area contributed by atoms with Gasteiger partial charge in [0.05, 0.1) is 29.6 Å². The van der Waals surface area contributed by atoms with Crippen LogP contribution in [0.3, 0.4) is 0 Å². The van der Waals surface area contributed by atoms with Crippen LogP contribution in [-0.4, -0.2) is 44.7 Å². The number of amides is 1. The Kier molecular flexibility index (Phi) is 7.71. The van der Waals surface area contributed by atoms with Gasteiger partial charge in [-0.2, -0.15) is 5.10 Å². The van der Waals surface area contributed by atoms with Gasteiger partial charge in [0.1, 0.15) is 5.75 Å². The van der Waals surface area contributed by atoms with Gasteiger partial charge in [-0.15, -0.1) is 10.2 Å². The topological polar surface area (TPSA) is 125 Å². The van der Waals surface area contributed by atoms with Crippen molar-refractivity contribution in [2.75, 3.05) is 12.9 Å². The maximum absolute atomic E-state index is 12.4. The van der Waals surface area contributed by atoms with Crippen molar-refractivity contribution in [3.05, 3.63) is 94.0 Å². The molecule has 11 heteroatoms. The summed E-state index contributed by atoms with van der Waals surface area (Å²) in [6.45, 7) is 2.00. The fourth-order valence-electron chi connectivity index (χ4n) is 3.32. The Morgan fingerprint density at radius 2 is 1.83 bits per heavy atom. The number of carbonyl (C=O) groups is 1. The van der Waals surface area contributed by atoms with Gasteiger partial charge in [-0.25, -0.2) is 5.43 Å². The van der Waals surface area contributed by atoms with E-state index in [4.69, 9.17) is 4.74 Å². The molecule has 10 nitrogen and oxygen atoms in total. The fourth-order valence-corrected chi connectivity index (χ4v) is 4.06. The highest BCUT2D eigenvalue weighted by Gasteiger charge is 2.17. The van der Waals surface area contributed by atoms with E-state index in [9.17, 15) is 14.9 Å². The molecule has 1 aromatic heterocycles. The van der Waals surface area contributed by atoms with Crippen LogP contribution >= 0.6 is 11.8 Å². The van der Waals surface area contributed by atoms with Gasteiger partial charge < -0.3 is 4.74 Å². The van der Waals surface area contributed by atoms with Crippen LogP contribution in [0.4, 0.5) is 5.69 Å². The molecule has 0 fully saturated rings. The zero-order chi connectivity index (χ0) is 25.5. The number of aryl methyl sites for hydroxylation is 1. The zero-order valence-corrected chi connectivity index (χ0v) is 20.3. The quantitative estimate of drug-likeness (QED) is 0.156. The normalized spacial score (nSPS) is 10.9. The number of thioether (sulfide) groups is 1. The third-order valence-corrected chi connectivity index (χ3v) is 6.06. The first kappa shape index (κ1) is 24.6. The molecule has 1 N–H and O–H groups in total. The van der Waals surface area contributed by atoms with Crippen LogP contribution in [0, 0.1) is 17.0 Å². The van der Waals surface area contributed by atoms with Gasteiger partial charge in [0.2, 0.25) is 0 Å². The number of rotatable bonds is 9. The molecule has 0 saturated carbocycles. The number of hydrogen-bond acceptors (Lipinski definition) is 8. The average molecular weight is 503 g/mol. The molecule has 0 saturated heterocycles. The van der Waals surface area contributed by atoms with E-state index in [-0.39, 0.29) is 17.3 Å². The molecule has 0 unspecified atom stereocenters. The molecule has 0 aliphatic rings. The Labute approximate surface area is 211 Å². The van der Waals surface area contributed by atoms with Crippen LogP contribution in [-0.2, 0) is 4.79 Å². The second-order valence-corrected chi connectivity index (χ2v) is 8.55. The van der Waals surface area contributed by atoms with Gasteiger partial charge >= 0.3 is 0 Å². The molecule has 0 spiro atoms. The number of para-hydroxylation sites is 1. The lowest BCUT2D eigenvalue weighted by molar-refractivity contribution is -0.385. The van der Waals surface area contributed by atoms with Crippen molar-refractivity contribution in [3.63, 3.8) is 0 Å². The number of carbonyl (C=O) groups excluding carboxylic acids is 1. The predicted octanol–water partition coefficient (Wildman–Crippen LogP) is 4.40. The number of nitro benzene ring substituents is 1. The van der Waals surface area contributed by atoms with Crippen LogP contribution in [0.25, 0.3) is 17.1 Å². The van der Waals surface area contributed by atoms with Gasteiger partial charge in [0, 0.05) is 17.3 Å². The molecule has 1 amide bonds. The fraction of sp³-hybridized carbons (Fsp3) is 0.120. The van der Waals surface area contributed by atoms with Crippen LogP contribution in [0.5, 0.6) is 5.75 Å². The molecule has 4 rings (SSSR count). The van der Waals surface area contributed by atoms with Crippen molar-refractivity contribution in [2.24, 2.45) is 5.10 Å². The van der Waals surface area contributed by atoms with E-state index in [2.05, 4.69) is 20.7 Å². The number of hydrogen-bond donors (Lipinski definition) is 1. The zero-order valence-electron chi connectivity index (χ0n) is 19.5. The molecular weight excluding hydrogens is 480 g/mol. The summed E-state index contributed by atoms with van der Waals surface area (Å²) in [7, 11) is 1.61. The van der Waals surface area contributed by atoms with Gasteiger partial charge in [-0.05, 0) is 49.4 Å². The SMILES string of the molecule is COc1ccc(-c2nnc(SCC(=O)N/N=C/c3ccccc3[N+](=O)[O-])n2-c2ccc(C)cc2)cc1. The minimum atomic E-state index is -0.503. The Bertz CT molecular complexity index is 1400. The van der Waals surface area contributed by atoms with Crippen molar-refractivity contribution in [1.82, 2.24) is 20.2 Å². The summed E-state index contributed by atoms with van der Waals surface area (Å²) in [6.07, 6.45) is 1.25. The average Bonchev–Trinajstić information content (AvgIpc) is 3.32. The van der Waals surface area contributed by atoms with Crippen molar-refractivity contribution in [1.29, 1.82) is 0 Å². The van der Waals surface area contributed by atoms with Crippen molar-refractivity contribution in [2.45, 2.75) is 12.1 Å². The van der Waals surface area contributed by atoms with Gasteiger partial charge in [0.25, 0.3) is 11.6 Å². The lowest BCUT2D eigenvalue weighted by Gasteiger charge is -2.11. The molecule has 3 aromatic carbocycles. The second-order valence-electron chi connectivity index (χ2n) is 7.60. The van der Waals surface area contributed by atoms with E-state index in [0.29, 0.717) is 16.5 Å². The summed E-state index contributed by atoms with van der Waals surface area (Å²) >= 11 is 1.20. The molecule has 36 heavy (non-hydrogen) atoms. The summed E-state index contributed by atoms with van der Waals surface area (Å²) in [5.74, 6) is 0.979. The summed E-state index contributed by atoms with van der Waals surface area (Å²) in [4.78, 5) is 23.0. The second kappa shape index (κ2) is 11.3. The van der Waals surface area contributed by atoms with E-state index in [1.807, 2.05) is 60.0 Å². The molecule has 4 aromatic rings. The number of aromatic nitrogens is 3. The number of hydrazone groups is 1. The Hall–Kier alpha value is -4.51. The van der Waals surface area contributed by atoms with Gasteiger partial charge in [-0.1, -0.05) is 41.6 Å². The third kappa shape index (κ3) is 5.76. The largest absolute Gasteiger partial charge is 0.497 e. The Morgan fingerprint density at radius 3 is 2.53 bits per heavy atom. The van der Waals surface area contributed by atoms with Crippen LogP contribution in [0.1, 0.15) is 11.1 Å². The molecule has 0 aliphatic carbocycles. The Morgan fingerprint density at radius 1 is 1.11 bits per heavy atom. The van der Waals surface area contributed by atoms with Crippen molar-refractivity contribution < 1.29 is 14.5 Å². The highest BCUT2D eigenvalue weighted by atomic mass is 32.2. The maximum Gasteiger partial charge on any atom is 0.278 e. The number of benzene rings is 3. The minimum absolute atomic E-state index is 0.0147. The summed E-state index contributed by atoms with van der Waals surface area (Å²) in [5.41, 5.74) is 5.41. The highest BCUT2D eigenvalue weighted by Crippen LogP contribution is 2.29. The first-order valence-corrected chi connectivity index (χ1v) is 11.8. The number of methoxy groups -OCH3 is 1. The van der Waals surface area contributed by atoms with E-state index in [0.717, 1.165) is 22.6 Å². The van der Waals surface area contributed by atoms with Crippen molar-refractivity contribution in [3.8, 4) is 22.8 Å². The van der Waals surface area contributed by atoms with E-state index >= 15 is 0 Å². The number of nitrogens with zero attached hydrogens (tertiary/aromatic N) is 5. The van der Waals surface area contributed by atoms with E-state index in [1.165, 1.54) is 24.0 Å². The Balaban J connectivity index is 1.51. The van der Waals surface area contributed by atoms with Crippen LogP contribution in [0.15, 0.2) is 83.1 Å². The number of nitro groups is 1. The van der Waals surface area contributed by atoms with Gasteiger partial charge in [-0.3, -0.25) is 19.5 Å². The molecule has 0 radical (unpaired) electrons. The molecule has 0 atom stereocenters. The lowest BCUT2D eigenvalue weighted by atomic mass is 10.2. The smallest absolute Gasteiger partial charge is 0.278 e. The highest BCUT2D eigenvalue weighted by molar-refractivity contribution is 7.99. The molecular formula is C25H22N6O4S. The van der Waals surface area contributed by atoms with Crippen molar-refractivity contribution >= 4 is 29.6 Å². The van der Waals surface area contributed by atoms with Gasteiger partial charge in [0.15, 0.2) is 11.0 Å². The molecule has 182 valence electrons. The standard InChI is InChI=1S/C25H22N6O4S/c1-17-7-11-20(12-8-17)30-24(18-9-13-21(35-2)14-10-18)28-29-25(30)36-16-23(32)27-26-15-19-5-3-4-6-22(19)31(33)34/h3-15H,16H2,1-2H3,(H,27,32)/b26-15+. The minimum Gasteiger partial charge on any atom is -0.497 e. The molecule has 0 bridgehead atoms. The third-order valence-electron chi connectivity index (χ3n) is 5.13. The van der Waals surface area contributed by atoms with E-state index < -0.39 is 4.92 Å². The van der Waals surface area contributed by atoms with Crippen LogP contribution < -0.4 is 10.2 Å². The first-order valence-electron chi connectivity index (χ1n) is 10.8. The number of ether oxygens (including phenoxy) is 1. The van der Waals surface area contributed by atoms with Crippen LogP contribution in [0.2, 0.25) is 0 Å². The number of nitrogens with one attached hydrogen (secondary N) is 1. The monoisotopic (exact) mass is 502 g/mol. The molecule has 1 heterocycles. The molecule has 0 aliphatic heterocycles. The first-order chi connectivity index (χ1) is 17.5. The summed E-state index contributed by atoms with van der Waals surface area (Å²) < 4.78 is 7.13. The maximum atomic E-state index is 12.4.